The average Bonchev–Trinajstić information content (AvgIpc) is 2.52. The monoisotopic (exact) mass is 270 g/mol. The van der Waals surface area contributed by atoms with Crippen LogP contribution in [0.5, 0.6) is 0 Å². The van der Waals surface area contributed by atoms with Crippen molar-refractivity contribution in [3.8, 4) is 6.07 Å². The van der Waals surface area contributed by atoms with E-state index in [9.17, 15) is 8.42 Å². The first-order chi connectivity index (χ1) is 8.17. The van der Waals surface area contributed by atoms with Crippen molar-refractivity contribution in [3.63, 3.8) is 0 Å². The molecule has 1 heterocycles. The van der Waals surface area contributed by atoms with Crippen LogP contribution in [-0.4, -0.2) is 23.7 Å². The van der Waals surface area contributed by atoms with Gasteiger partial charge < -0.3 is 0 Å². The van der Waals surface area contributed by atoms with E-state index < -0.39 is 15.6 Å². The Morgan fingerprint density at radius 1 is 1.50 bits per heavy atom. The lowest BCUT2D eigenvalue weighted by atomic mass is 10.0. The second kappa shape index (κ2) is 4.71. The second-order valence-electron chi connectivity index (χ2n) is 4.53. The minimum absolute atomic E-state index is 0.153. The van der Waals surface area contributed by atoms with E-state index in [2.05, 4.69) is 9.82 Å². The van der Waals surface area contributed by atoms with E-state index in [0.29, 0.717) is 17.8 Å². The van der Waals surface area contributed by atoms with Crippen LogP contribution in [0.3, 0.4) is 0 Å². The number of hydrogen-bond donors (Lipinski definition) is 1. The smallest absolute Gasteiger partial charge is 0.245 e. The van der Waals surface area contributed by atoms with Crippen molar-refractivity contribution in [1.29, 1.82) is 5.26 Å². The second-order valence-corrected chi connectivity index (χ2v) is 6.15. The van der Waals surface area contributed by atoms with E-state index in [0.717, 1.165) is 0 Å². The van der Waals surface area contributed by atoms with Gasteiger partial charge in [0.15, 0.2) is 0 Å². The van der Waals surface area contributed by atoms with Gasteiger partial charge in [0.05, 0.1) is 17.5 Å². The molecule has 7 heteroatoms. The number of hydrogen-bond acceptors (Lipinski definition) is 4. The maximum atomic E-state index is 12.3. The number of aromatic nitrogens is 2. The Hall–Kier alpha value is -1.39. The van der Waals surface area contributed by atoms with Crippen LogP contribution in [0.15, 0.2) is 4.90 Å². The van der Waals surface area contributed by atoms with Crippen molar-refractivity contribution in [2.75, 3.05) is 0 Å². The van der Waals surface area contributed by atoms with Crippen LogP contribution in [0.25, 0.3) is 0 Å². The zero-order valence-corrected chi connectivity index (χ0v) is 12.1. The first-order valence-electron chi connectivity index (χ1n) is 5.62. The van der Waals surface area contributed by atoms with E-state index in [-0.39, 0.29) is 4.90 Å². The first-order valence-corrected chi connectivity index (χ1v) is 7.10. The fraction of sp³-hybridized carbons (Fsp3) is 0.636. The first kappa shape index (κ1) is 14.7. The van der Waals surface area contributed by atoms with Gasteiger partial charge >= 0.3 is 0 Å². The molecule has 18 heavy (non-hydrogen) atoms. The summed E-state index contributed by atoms with van der Waals surface area (Å²) in [6.45, 7) is 6.64. The van der Waals surface area contributed by atoms with Gasteiger partial charge in [-0.15, -0.1) is 0 Å². The van der Waals surface area contributed by atoms with Gasteiger partial charge in [-0.2, -0.15) is 15.1 Å². The number of nitrogens with one attached hydrogen (secondary N) is 1. The van der Waals surface area contributed by atoms with Gasteiger partial charge in [-0.25, -0.2) is 8.42 Å². The molecule has 0 amide bonds. The summed E-state index contributed by atoms with van der Waals surface area (Å²) in [6, 6.07) is 1.98. The molecular weight excluding hydrogens is 252 g/mol. The summed E-state index contributed by atoms with van der Waals surface area (Å²) >= 11 is 0. The Kier molecular flexibility index (Phi) is 3.84. The highest BCUT2D eigenvalue weighted by Gasteiger charge is 2.32. The molecule has 1 aromatic heterocycles. The van der Waals surface area contributed by atoms with Gasteiger partial charge in [0.25, 0.3) is 0 Å². The third-order valence-electron chi connectivity index (χ3n) is 3.02. The van der Waals surface area contributed by atoms with E-state index in [1.54, 1.807) is 34.7 Å². The maximum absolute atomic E-state index is 12.3. The summed E-state index contributed by atoms with van der Waals surface area (Å²) in [5.41, 5.74) is -0.122. The van der Waals surface area contributed by atoms with E-state index in [4.69, 9.17) is 5.26 Å². The molecule has 0 saturated carbocycles. The molecule has 0 spiro atoms. The van der Waals surface area contributed by atoms with Gasteiger partial charge in [-0.3, -0.25) is 4.68 Å². The summed E-state index contributed by atoms with van der Waals surface area (Å²) in [4.78, 5) is 0.153. The van der Waals surface area contributed by atoms with Crippen LogP contribution in [0.2, 0.25) is 0 Å². The van der Waals surface area contributed by atoms with Crippen LogP contribution < -0.4 is 4.72 Å². The highest BCUT2D eigenvalue weighted by atomic mass is 32.2. The normalized spacial score (nSPS) is 15.1. The topological polar surface area (TPSA) is 87.8 Å². The molecule has 100 valence electrons. The molecule has 0 bridgehead atoms. The van der Waals surface area contributed by atoms with E-state index in [1.165, 1.54) is 4.68 Å². The lowest BCUT2D eigenvalue weighted by Gasteiger charge is -2.21. The third kappa shape index (κ3) is 2.54. The molecule has 0 aromatic carbocycles. The number of nitrogens with zero attached hydrogens (tertiary/aromatic N) is 3. The molecule has 1 atom stereocenters. The van der Waals surface area contributed by atoms with E-state index >= 15 is 0 Å². The molecule has 1 unspecified atom stereocenters. The van der Waals surface area contributed by atoms with Gasteiger partial charge in [0.1, 0.15) is 10.4 Å². The Morgan fingerprint density at radius 3 is 2.39 bits per heavy atom. The standard InChI is InChI=1S/C11H18N4O2S/c1-6-11(4,7-12)14-18(16,17)10-8(2)13-15(5)9(10)3/h14H,6H2,1-5H3. The third-order valence-corrected chi connectivity index (χ3v) is 4.87. The van der Waals surface area contributed by atoms with Crippen molar-refractivity contribution < 1.29 is 8.42 Å². The zero-order chi connectivity index (χ0) is 14.1. The largest absolute Gasteiger partial charge is 0.271 e. The number of rotatable bonds is 4. The molecule has 0 aliphatic heterocycles. The van der Waals surface area contributed by atoms with Gasteiger partial charge in [0, 0.05) is 7.05 Å². The number of sulfonamides is 1. The molecule has 0 aliphatic rings. The minimum atomic E-state index is -3.74. The summed E-state index contributed by atoms with van der Waals surface area (Å²) in [7, 11) is -2.05. The van der Waals surface area contributed by atoms with Gasteiger partial charge in [-0.05, 0) is 27.2 Å². The highest BCUT2D eigenvalue weighted by Crippen LogP contribution is 2.21. The van der Waals surface area contributed by atoms with Crippen molar-refractivity contribution >= 4 is 10.0 Å². The Balaban J connectivity index is 3.28. The van der Waals surface area contributed by atoms with Crippen LogP contribution in [0.4, 0.5) is 0 Å². The fourth-order valence-electron chi connectivity index (χ4n) is 1.66. The summed E-state index contributed by atoms with van der Waals surface area (Å²) in [5, 5.41) is 13.1. The summed E-state index contributed by atoms with van der Waals surface area (Å²) in [6.07, 6.45) is 0.390. The molecule has 1 N–H and O–H groups in total. The van der Waals surface area contributed by atoms with Gasteiger partial charge in [0.2, 0.25) is 10.0 Å². The number of aryl methyl sites for hydroxylation is 2. The quantitative estimate of drug-likeness (QED) is 0.884. The predicted molar refractivity (Wildman–Crippen MR) is 67.3 cm³/mol. The van der Waals surface area contributed by atoms with Crippen LogP contribution in [-0.2, 0) is 17.1 Å². The van der Waals surface area contributed by atoms with Crippen LogP contribution >= 0.6 is 0 Å². The SMILES string of the molecule is CCC(C)(C#N)NS(=O)(=O)c1c(C)nn(C)c1C. The molecule has 1 rings (SSSR count). The van der Waals surface area contributed by atoms with Crippen LogP contribution in [0.1, 0.15) is 31.7 Å². The molecule has 1 aromatic rings. The summed E-state index contributed by atoms with van der Waals surface area (Å²) in [5.74, 6) is 0. The molecule has 0 aliphatic carbocycles. The van der Waals surface area contributed by atoms with Crippen molar-refractivity contribution in [1.82, 2.24) is 14.5 Å². The molecule has 0 saturated heterocycles. The Bertz CT molecular complexity index is 597. The maximum Gasteiger partial charge on any atom is 0.245 e. The lowest BCUT2D eigenvalue weighted by molar-refractivity contribution is 0.494. The van der Waals surface area contributed by atoms with Crippen molar-refractivity contribution in [2.45, 2.75) is 44.6 Å². The van der Waals surface area contributed by atoms with E-state index in [1.807, 2.05) is 6.07 Å². The van der Waals surface area contributed by atoms with Crippen molar-refractivity contribution in [3.05, 3.63) is 11.4 Å². The summed E-state index contributed by atoms with van der Waals surface area (Å²) < 4.78 is 28.6. The Morgan fingerprint density at radius 2 is 2.06 bits per heavy atom. The molecule has 0 radical (unpaired) electrons. The van der Waals surface area contributed by atoms with Crippen LogP contribution in [0, 0.1) is 25.2 Å². The molecule has 0 fully saturated rings. The minimum Gasteiger partial charge on any atom is -0.271 e. The predicted octanol–water partition coefficient (Wildman–Crippen LogP) is 1.01. The molecule has 6 nitrogen and oxygen atoms in total. The average molecular weight is 270 g/mol. The zero-order valence-electron chi connectivity index (χ0n) is 11.3. The van der Waals surface area contributed by atoms with Crippen molar-refractivity contribution in [2.24, 2.45) is 7.05 Å². The fourth-order valence-corrected chi connectivity index (χ4v) is 3.50. The molecular formula is C11H18N4O2S. The number of nitriles is 1. The highest BCUT2D eigenvalue weighted by molar-refractivity contribution is 7.89. The van der Waals surface area contributed by atoms with Gasteiger partial charge in [-0.1, -0.05) is 6.92 Å². The lowest BCUT2D eigenvalue weighted by Crippen LogP contribution is -2.44. The Labute approximate surface area is 108 Å².